The first kappa shape index (κ1) is 17.5. The Morgan fingerprint density at radius 2 is 1.62 bits per heavy atom. The fourth-order valence-electron chi connectivity index (χ4n) is 2.47. The molecule has 0 heterocycles. The van der Waals surface area contributed by atoms with Gasteiger partial charge in [0.25, 0.3) is 0 Å². The average Bonchev–Trinajstić information content (AvgIpc) is 2.15. The molecule has 0 aromatic heterocycles. The fourth-order valence-corrected chi connectivity index (χ4v) is 2.47. The quantitative estimate of drug-likeness (QED) is 0.657. The number of rotatable bonds is 4. The fraction of sp³-hybridized carbons (Fsp3) is 1.00. The van der Waals surface area contributed by atoms with Crippen LogP contribution in [-0.2, 0) is 0 Å². The summed E-state index contributed by atoms with van der Waals surface area (Å²) >= 11 is 0. The van der Waals surface area contributed by atoms with Gasteiger partial charge in [0, 0.05) is 6.04 Å². The molecule has 0 spiro atoms. The number of hydrogen-bond donors (Lipinski definition) is 0. The zero-order valence-electron chi connectivity index (χ0n) is 10.6. The molecule has 1 nitrogen and oxygen atoms in total. The van der Waals surface area contributed by atoms with Crippen molar-refractivity contribution >= 4 is 6.98 Å². The molecule has 0 aromatic rings. The van der Waals surface area contributed by atoms with Crippen LogP contribution in [0.2, 0.25) is 0 Å². The molecule has 0 atom stereocenters. The molecule has 0 radical (unpaired) electrons. The molecule has 0 saturated heterocycles. The van der Waals surface area contributed by atoms with Gasteiger partial charge in [-0.15, -0.1) is 0 Å². The predicted molar refractivity (Wildman–Crippen MR) is 57.7 cm³/mol. The minimum atomic E-state index is -4.66. The van der Waals surface area contributed by atoms with Crippen LogP contribution in [0.5, 0.6) is 0 Å². The third-order valence-corrected chi connectivity index (χ3v) is 3.51. The molecule has 1 aliphatic carbocycles. The molecule has 1 fully saturated rings. The molecule has 0 aliphatic heterocycles. The molecule has 0 unspecified atom stereocenters. The van der Waals surface area contributed by atoms with Crippen molar-refractivity contribution in [2.75, 3.05) is 13.5 Å². The molecule has 1 saturated carbocycles. The van der Waals surface area contributed by atoms with Gasteiger partial charge in [-0.2, -0.15) is 0 Å². The molecular formula is C10H20BF3KN. The summed E-state index contributed by atoms with van der Waals surface area (Å²) in [7, 11) is 1.60. The molecule has 6 heteroatoms. The maximum atomic E-state index is 12.2. The molecule has 16 heavy (non-hydrogen) atoms. The zero-order chi connectivity index (χ0) is 11.5. The van der Waals surface area contributed by atoms with Crippen molar-refractivity contribution in [3.63, 3.8) is 0 Å². The normalized spacial score (nSPS) is 26.6. The van der Waals surface area contributed by atoms with Crippen molar-refractivity contribution < 1.29 is 64.3 Å². The van der Waals surface area contributed by atoms with Crippen molar-refractivity contribution in [2.45, 2.75) is 45.1 Å². The van der Waals surface area contributed by atoms with Crippen LogP contribution in [0.1, 0.15) is 39.0 Å². The summed E-state index contributed by atoms with van der Waals surface area (Å²) < 4.78 is 36.7. The second-order valence-corrected chi connectivity index (χ2v) is 4.73. The summed E-state index contributed by atoms with van der Waals surface area (Å²) in [5.41, 5.74) is 0. The van der Waals surface area contributed by atoms with Crippen molar-refractivity contribution in [1.29, 1.82) is 0 Å². The molecule has 0 N–H and O–H groups in total. The first-order valence-corrected chi connectivity index (χ1v) is 5.83. The maximum Gasteiger partial charge on any atom is 1.00 e. The summed E-state index contributed by atoms with van der Waals surface area (Å²) in [4.78, 5) is 1.49. The number of nitrogens with zero attached hydrogens (tertiary/aromatic N) is 1. The predicted octanol–water partition coefficient (Wildman–Crippen LogP) is 0.278. The Bertz CT molecular complexity index is 193. The minimum Gasteiger partial charge on any atom is -0.448 e. The van der Waals surface area contributed by atoms with Crippen LogP contribution < -0.4 is 51.4 Å². The molecule has 1 rings (SSSR count). The van der Waals surface area contributed by atoms with E-state index in [4.69, 9.17) is 0 Å². The van der Waals surface area contributed by atoms with Gasteiger partial charge in [-0.25, -0.2) is 0 Å². The van der Waals surface area contributed by atoms with Gasteiger partial charge in [-0.3, -0.25) is 0 Å². The van der Waals surface area contributed by atoms with E-state index < -0.39 is 13.4 Å². The van der Waals surface area contributed by atoms with Crippen molar-refractivity contribution in [2.24, 2.45) is 5.92 Å². The van der Waals surface area contributed by atoms with Gasteiger partial charge in [0.2, 0.25) is 0 Å². The number of hydrogen-bond acceptors (Lipinski definition) is 1. The van der Waals surface area contributed by atoms with Crippen LogP contribution in [0.15, 0.2) is 0 Å². The van der Waals surface area contributed by atoms with E-state index in [0.29, 0.717) is 0 Å². The Labute approximate surface area is 139 Å². The molecule has 0 bridgehead atoms. The Hall–Kier alpha value is 1.45. The van der Waals surface area contributed by atoms with Gasteiger partial charge in [0.1, 0.15) is 0 Å². The van der Waals surface area contributed by atoms with Crippen molar-refractivity contribution in [1.82, 2.24) is 4.90 Å². The van der Waals surface area contributed by atoms with Gasteiger partial charge in [-0.1, -0.05) is 13.3 Å². The Kier molecular flexibility index (Phi) is 8.50. The Morgan fingerprint density at radius 3 is 2.00 bits per heavy atom. The third kappa shape index (κ3) is 6.40. The summed E-state index contributed by atoms with van der Waals surface area (Å²) in [6, 6.07) is 0.149. The van der Waals surface area contributed by atoms with E-state index in [-0.39, 0.29) is 57.4 Å². The summed E-state index contributed by atoms with van der Waals surface area (Å²) in [6.45, 7) is -2.50. The SMILES string of the molecule is CCC1CCC(N(C)C[B-](F)(F)F)CC1.[K+]. The van der Waals surface area contributed by atoms with E-state index >= 15 is 0 Å². The van der Waals surface area contributed by atoms with Crippen LogP contribution in [0.3, 0.4) is 0 Å². The van der Waals surface area contributed by atoms with Gasteiger partial charge in [0.15, 0.2) is 0 Å². The van der Waals surface area contributed by atoms with E-state index in [0.717, 1.165) is 31.6 Å². The molecule has 0 amide bonds. The van der Waals surface area contributed by atoms with E-state index in [9.17, 15) is 12.9 Å². The molecule has 0 aromatic carbocycles. The minimum absolute atomic E-state index is 0. The largest absolute Gasteiger partial charge is 1.00 e. The first-order chi connectivity index (χ1) is 6.92. The van der Waals surface area contributed by atoms with Crippen LogP contribution in [0.4, 0.5) is 12.9 Å². The van der Waals surface area contributed by atoms with Crippen molar-refractivity contribution in [3.05, 3.63) is 0 Å². The second-order valence-electron chi connectivity index (χ2n) is 4.73. The number of halogens is 3. The molecule has 90 valence electrons. The monoisotopic (exact) mass is 261 g/mol. The summed E-state index contributed by atoms with van der Waals surface area (Å²) in [5, 5.41) is 0. The van der Waals surface area contributed by atoms with Gasteiger partial charge < -0.3 is 17.8 Å². The van der Waals surface area contributed by atoms with Crippen LogP contribution >= 0.6 is 0 Å². The van der Waals surface area contributed by atoms with Gasteiger partial charge in [-0.05, 0) is 45.1 Å². The molecular weight excluding hydrogens is 241 g/mol. The van der Waals surface area contributed by atoms with Gasteiger partial charge >= 0.3 is 58.4 Å². The van der Waals surface area contributed by atoms with Crippen LogP contribution in [0.25, 0.3) is 0 Å². The smallest absolute Gasteiger partial charge is 0.448 e. The van der Waals surface area contributed by atoms with Gasteiger partial charge in [0.05, 0.1) is 0 Å². The average molecular weight is 261 g/mol. The van der Waals surface area contributed by atoms with E-state index in [1.165, 1.54) is 11.3 Å². The first-order valence-electron chi connectivity index (χ1n) is 5.83. The maximum absolute atomic E-state index is 12.2. The Balaban J connectivity index is 0.00000225. The summed E-state index contributed by atoms with van der Waals surface area (Å²) in [5.74, 6) is 0.742. The van der Waals surface area contributed by atoms with Crippen LogP contribution in [-0.4, -0.2) is 31.4 Å². The topological polar surface area (TPSA) is 3.24 Å². The third-order valence-electron chi connectivity index (χ3n) is 3.51. The second kappa shape index (κ2) is 7.79. The van der Waals surface area contributed by atoms with Crippen molar-refractivity contribution in [3.8, 4) is 0 Å². The van der Waals surface area contributed by atoms with E-state index in [1.54, 1.807) is 7.05 Å². The molecule has 1 aliphatic rings. The summed E-state index contributed by atoms with van der Waals surface area (Å²) in [6.07, 6.45) is 4.51. The Morgan fingerprint density at radius 1 is 1.12 bits per heavy atom. The standard InChI is InChI=1S/C10H20BF3N.K/c1-3-9-4-6-10(7-5-9)15(2)8-11(12,13)14;/h9-10H,3-8H2,1-2H3;/q-1;+1. The van der Waals surface area contributed by atoms with E-state index in [1.807, 2.05) is 0 Å². The van der Waals surface area contributed by atoms with Crippen LogP contribution in [0, 0.1) is 5.92 Å². The zero-order valence-corrected chi connectivity index (χ0v) is 13.7. The van der Waals surface area contributed by atoms with E-state index in [2.05, 4.69) is 6.92 Å².